The summed E-state index contributed by atoms with van der Waals surface area (Å²) < 4.78 is 11.0. The highest BCUT2D eigenvalue weighted by molar-refractivity contribution is 5.98. The smallest absolute Gasteiger partial charge is 0.314 e. The van der Waals surface area contributed by atoms with Gasteiger partial charge in [0.25, 0.3) is 0 Å². The summed E-state index contributed by atoms with van der Waals surface area (Å²) in [6.45, 7) is 12.9. The molecule has 0 aromatic heterocycles. The van der Waals surface area contributed by atoms with Crippen LogP contribution in [0.2, 0.25) is 0 Å². The Morgan fingerprint density at radius 1 is 1.16 bits per heavy atom. The van der Waals surface area contributed by atoms with E-state index >= 15 is 0 Å². The second kappa shape index (κ2) is 8.76. The molecule has 0 aromatic rings. The number of ether oxygens (including phenoxy) is 2. The molecule has 5 rings (SSSR count). The topological polar surface area (TPSA) is 93.1 Å². The van der Waals surface area contributed by atoms with Crippen molar-refractivity contribution >= 4 is 11.8 Å². The first-order chi connectivity index (χ1) is 17.2. The number of allylic oxidation sites excluding steroid dienone is 3. The van der Waals surface area contributed by atoms with Gasteiger partial charge in [0.15, 0.2) is 12.1 Å². The molecule has 4 aliphatic carbocycles. The molecule has 6 nitrogen and oxygen atoms in total. The number of carbonyl (C=O) groups excluding carboxylic acids is 2. The minimum Gasteiger partial charge on any atom is -0.469 e. The van der Waals surface area contributed by atoms with Crippen molar-refractivity contribution < 1.29 is 29.3 Å². The molecule has 1 saturated heterocycles. The van der Waals surface area contributed by atoms with Gasteiger partial charge in [0.1, 0.15) is 0 Å². The molecule has 0 amide bonds. The second-order valence-corrected chi connectivity index (χ2v) is 14.0. The van der Waals surface area contributed by atoms with Gasteiger partial charge in [-0.15, -0.1) is 0 Å². The van der Waals surface area contributed by atoms with Gasteiger partial charge in [-0.25, -0.2) is 0 Å². The van der Waals surface area contributed by atoms with Crippen LogP contribution in [0.15, 0.2) is 23.3 Å². The predicted molar refractivity (Wildman–Crippen MR) is 140 cm³/mol. The normalized spacial score (nSPS) is 49.5. The summed E-state index contributed by atoms with van der Waals surface area (Å²) in [5.41, 5.74) is 0.382. The van der Waals surface area contributed by atoms with Crippen molar-refractivity contribution in [2.45, 2.75) is 92.5 Å². The van der Waals surface area contributed by atoms with Crippen LogP contribution < -0.4 is 0 Å². The average molecular weight is 515 g/mol. The zero-order valence-electron chi connectivity index (χ0n) is 23.7. The Labute approximate surface area is 221 Å². The van der Waals surface area contributed by atoms with Crippen LogP contribution in [0.25, 0.3) is 0 Å². The minimum atomic E-state index is -0.957. The first kappa shape index (κ1) is 27.1. The Kier molecular flexibility index (Phi) is 6.41. The number of methoxy groups -OCH3 is 1. The first-order valence-electron chi connectivity index (χ1n) is 14.3. The van der Waals surface area contributed by atoms with Gasteiger partial charge in [0.05, 0.1) is 25.2 Å². The van der Waals surface area contributed by atoms with Gasteiger partial charge in [-0.2, -0.15) is 0 Å². The highest BCUT2D eigenvalue weighted by Gasteiger charge is 2.69. The summed E-state index contributed by atoms with van der Waals surface area (Å²) in [5, 5.41) is 22.8. The fourth-order valence-corrected chi connectivity index (χ4v) is 10.1. The van der Waals surface area contributed by atoms with E-state index in [0.717, 1.165) is 24.8 Å². The number of fused-ring (bicyclic) bond motifs is 5. The molecule has 10 atom stereocenters. The van der Waals surface area contributed by atoms with Crippen LogP contribution in [0.4, 0.5) is 0 Å². The number of aliphatic hydroxyl groups is 2. The lowest BCUT2D eigenvalue weighted by molar-refractivity contribution is -0.190. The van der Waals surface area contributed by atoms with E-state index in [-0.39, 0.29) is 41.7 Å². The lowest BCUT2D eigenvalue weighted by atomic mass is 9.39. The zero-order valence-corrected chi connectivity index (χ0v) is 23.7. The van der Waals surface area contributed by atoms with Crippen molar-refractivity contribution in [3.63, 3.8) is 0 Å². The second-order valence-electron chi connectivity index (χ2n) is 14.0. The number of hydrogen-bond donors (Lipinski definition) is 2. The lowest BCUT2D eigenvalue weighted by Crippen LogP contribution is -2.64. The summed E-state index contributed by atoms with van der Waals surface area (Å²) >= 11 is 0. The number of rotatable bonds is 3. The molecule has 2 saturated carbocycles. The molecule has 5 aliphatic rings. The molecule has 37 heavy (non-hydrogen) atoms. The van der Waals surface area contributed by atoms with Gasteiger partial charge < -0.3 is 19.7 Å². The molecule has 0 radical (unpaired) electrons. The minimum absolute atomic E-state index is 0.0825. The van der Waals surface area contributed by atoms with Crippen LogP contribution in [0.5, 0.6) is 0 Å². The van der Waals surface area contributed by atoms with E-state index in [2.05, 4.69) is 46.8 Å². The maximum atomic E-state index is 13.1. The monoisotopic (exact) mass is 514 g/mol. The van der Waals surface area contributed by atoms with Crippen molar-refractivity contribution in [2.75, 3.05) is 13.7 Å². The van der Waals surface area contributed by atoms with Gasteiger partial charge >= 0.3 is 5.97 Å². The average Bonchev–Trinajstić information content (AvgIpc) is 3.36. The summed E-state index contributed by atoms with van der Waals surface area (Å²) in [4.78, 5) is 25.9. The van der Waals surface area contributed by atoms with Gasteiger partial charge in [-0.3, -0.25) is 9.59 Å². The molecule has 3 fully saturated rings. The quantitative estimate of drug-likeness (QED) is 0.414. The Balaban J connectivity index is 1.53. The molecule has 206 valence electrons. The van der Waals surface area contributed by atoms with Crippen LogP contribution in [0.3, 0.4) is 0 Å². The van der Waals surface area contributed by atoms with E-state index in [4.69, 9.17) is 9.47 Å². The van der Waals surface area contributed by atoms with E-state index in [9.17, 15) is 19.8 Å². The van der Waals surface area contributed by atoms with Gasteiger partial charge in [-0.1, -0.05) is 52.3 Å². The Hall–Kier alpha value is -1.50. The fraction of sp³-hybridized carbons (Fsp3) is 0.806. The molecule has 6 heteroatoms. The van der Waals surface area contributed by atoms with Gasteiger partial charge in [-0.05, 0) is 78.6 Å². The molecular formula is C31H46O6. The number of ketones is 1. The number of aliphatic hydroxyl groups excluding tert-OH is 2. The highest BCUT2D eigenvalue weighted by atomic mass is 16.6. The zero-order chi connectivity index (χ0) is 27.1. The standard InChI is InChI=1S/C31H46O6/c1-17(2)19-12-18(13-21(19)32)20-8-9-22-28(20,3)11-10-23-29(4)15-26(34)37-16-30(5,27(35)36-7)24(29)14-25(33)31(22,23)6/h9,12,17-18,20,23-26,33-34H,8,10-11,13-16H2,1-7H3/t18-,20-,23+,24+,25+,26-,28-,29+,30-,31-/m1/s1. The van der Waals surface area contributed by atoms with Crippen molar-refractivity contribution in [3.8, 4) is 0 Å². The maximum absolute atomic E-state index is 13.1. The van der Waals surface area contributed by atoms with Gasteiger partial charge in [0, 0.05) is 18.3 Å². The Bertz CT molecular complexity index is 1040. The molecule has 2 N–H and O–H groups in total. The highest BCUT2D eigenvalue weighted by Crippen LogP contribution is 2.72. The Morgan fingerprint density at radius 3 is 2.49 bits per heavy atom. The Morgan fingerprint density at radius 2 is 1.86 bits per heavy atom. The lowest BCUT2D eigenvalue weighted by Gasteiger charge is -2.65. The largest absolute Gasteiger partial charge is 0.469 e. The van der Waals surface area contributed by atoms with Crippen LogP contribution >= 0.6 is 0 Å². The third-order valence-corrected chi connectivity index (χ3v) is 11.9. The third-order valence-electron chi connectivity index (χ3n) is 11.9. The summed E-state index contributed by atoms with van der Waals surface area (Å²) in [6, 6.07) is 0. The molecular weight excluding hydrogens is 468 g/mol. The van der Waals surface area contributed by atoms with E-state index in [0.29, 0.717) is 31.0 Å². The van der Waals surface area contributed by atoms with Crippen LogP contribution in [0, 0.1) is 51.2 Å². The summed E-state index contributed by atoms with van der Waals surface area (Å²) in [5.74, 6) is 0.693. The number of carbonyl (C=O) groups is 2. The van der Waals surface area contributed by atoms with Crippen molar-refractivity contribution in [1.82, 2.24) is 0 Å². The molecule has 0 bridgehead atoms. The number of esters is 1. The third kappa shape index (κ3) is 3.61. The summed E-state index contributed by atoms with van der Waals surface area (Å²) in [6.07, 6.45) is 7.33. The van der Waals surface area contributed by atoms with E-state index in [1.165, 1.54) is 12.7 Å². The van der Waals surface area contributed by atoms with Crippen LogP contribution in [-0.2, 0) is 19.1 Å². The molecule has 0 aromatic carbocycles. The van der Waals surface area contributed by atoms with Gasteiger partial charge in [0.2, 0.25) is 0 Å². The van der Waals surface area contributed by atoms with Crippen molar-refractivity contribution in [2.24, 2.45) is 51.2 Å². The number of hydrogen-bond acceptors (Lipinski definition) is 6. The van der Waals surface area contributed by atoms with Crippen LogP contribution in [-0.4, -0.2) is 48.1 Å². The SMILES string of the molecule is COC(=O)[C@]1(C)CO[C@@H](O)C[C@@]2(C)[C@@H]3CC[C@@]4(C)C(=CC[C@@H]4[C@@H]4C=C(C(C)C)C(=O)C4)[C@@]3(C)[C@@H](O)C[C@@H]21. The fourth-order valence-electron chi connectivity index (χ4n) is 10.1. The molecule has 0 unspecified atom stereocenters. The van der Waals surface area contributed by atoms with Crippen molar-refractivity contribution in [3.05, 3.63) is 23.3 Å². The maximum Gasteiger partial charge on any atom is 0.314 e. The van der Waals surface area contributed by atoms with E-state index < -0.39 is 28.6 Å². The van der Waals surface area contributed by atoms with E-state index in [1.54, 1.807) is 0 Å². The predicted octanol–water partition coefficient (Wildman–Crippen LogP) is 4.83. The molecule has 0 spiro atoms. The molecule has 1 heterocycles. The van der Waals surface area contributed by atoms with E-state index in [1.807, 2.05) is 6.92 Å². The van der Waals surface area contributed by atoms with Crippen molar-refractivity contribution in [1.29, 1.82) is 0 Å². The van der Waals surface area contributed by atoms with Crippen LogP contribution in [0.1, 0.15) is 80.1 Å². The first-order valence-corrected chi connectivity index (χ1v) is 14.3. The summed E-state index contributed by atoms with van der Waals surface area (Å²) in [7, 11) is 1.40. The number of Topliss-reactive ketones (excluding diaryl/α,β-unsaturated/α-hetero) is 1. The molecule has 1 aliphatic heterocycles.